The Labute approximate surface area is 152 Å². The van der Waals surface area contributed by atoms with Gasteiger partial charge in [-0.05, 0) is 12.1 Å². The molecule has 0 saturated carbocycles. The maximum atomic E-state index is 12.0. The predicted molar refractivity (Wildman–Crippen MR) is 99.3 cm³/mol. The Hall–Kier alpha value is -1.43. The lowest BCUT2D eigenvalue weighted by molar-refractivity contribution is -0.136. The van der Waals surface area contributed by atoms with Gasteiger partial charge in [0.1, 0.15) is 5.01 Å². The molecule has 0 atom stereocenters. The molecule has 4 nitrogen and oxygen atoms in total. The number of halogens is 1. The van der Waals surface area contributed by atoms with E-state index < -0.39 is 0 Å². The minimum absolute atomic E-state index is 0.0810. The number of nitrogens with zero attached hydrogens (tertiary/aromatic N) is 3. The SMILES string of the molecule is CC(C)C(=O)N1CCN(Cc2nc(-c3ccc(Cl)cc3)cs2)CC1. The maximum absolute atomic E-state index is 12.0. The zero-order chi connectivity index (χ0) is 17.1. The highest BCUT2D eigenvalue weighted by Gasteiger charge is 2.23. The van der Waals surface area contributed by atoms with Crippen LogP contribution in [0.1, 0.15) is 18.9 Å². The van der Waals surface area contributed by atoms with Crippen molar-refractivity contribution >= 4 is 28.8 Å². The highest BCUT2D eigenvalue weighted by molar-refractivity contribution is 7.09. The summed E-state index contributed by atoms with van der Waals surface area (Å²) in [5.41, 5.74) is 2.09. The summed E-state index contributed by atoms with van der Waals surface area (Å²) in [7, 11) is 0. The molecular formula is C18H22ClN3OS. The highest BCUT2D eigenvalue weighted by atomic mass is 35.5. The van der Waals surface area contributed by atoms with Crippen molar-refractivity contribution in [1.82, 2.24) is 14.8 Å². The Morgan fingerprint density at radius 2 is 1.88 bits per heavy atom. The second-order valence-electron chi connectivity index (χ2n) is 6.39. The van der Waals surface area contributed by atoms with Gasteiger partial charge in [-0.2, -0.15) is 0 Å². The molecule has 3 rings (SSSR count). The van der Waals surface area contributed by atoms with Gasteiger partial charge in [-0.1, -0.05) is 37.6 Å². The Kier molecular flexibility index (Phi) is 5.54. The molecule has 1 aliphatic heterocycles. The van der Waals surface area contributed by atoms with E-state index in [2.05, 4.69) is 10.3 Å². The van der Waals surface area contributed by atoms with Crippen molar-refractivity contribution in [3.05, 3.63) is 39.7 Å². The van der Waals surface area contributed by atoms with Crippen LogP contribution >= 0.6 is 22.9 Å². The van der Waals surface area contributed by atoms with Crippen molar-refractivity contribution in [3.63, 3.8) is 0 Å². The van der Waals surface area contributed by atoms with Gasteiger partial charge in [-0.3, -0.25) is 9.69 Å². The van der Waals surface area contributed by atoms with Crippen LogP contribution in [0.3, 0.4) is 0 Å². The molecule has 2 heterocycles. The van der Waals surface area contributed by atoms with Crippen molar-refractivity contribution in [2.24, 2.45) is 5.92 Å². The molecule has 0 bridgehead atoms. The predicted octanol–water partition coefficient (Wildman–Crippen LogP) is 3.76. The first-order chi connectivity index (χ1) is 11.5. The number of rotatable bonds is 4. The third-order valence-electron chi connectivity index (χ3n) is 4.23. The minimum Gasteiger partial charge on any atom is -0.340 e. The summed E-state index contributed by atoms with van der Waals surface area (Å²) in [6.07, 6.45) is 0. The maximum Gasteiger partial charge on any atom is 0.225 e. The Morgan fingerprint density at radius 3 is 2.50 bits per heavy atom. The third-order valence-corrected chi connectivity index (χ3v) is 5.31. The first kappa shape index (κ1) is 17.4. The smallest absolute Gasteiger partial charge is 0.225 e. The van der Waals surface area contributed by atoms with Crippen molar-refractivity contribution in [2.75, 3.05) is 26.2 Å². The van der Waals surface area contributed by atoms with E-state index in [0.717, 1.165) is 54.0 Å². The molecule has 0 radical (unpaired) electrons. The van der Waals surface area contributed by atoms with E-state index in [1.807, 2.05) is 43.0 Å². The van der Waals surface area contributed by atoms with Gasteiger partial charge >= 0.3 is 0 Å². The summed E-state index contributed by atoms with van der Waals surface area (Å²) < 4.78 is 0. The largest absolute Gasteiger partial charge is 0.340 e. The zero-order valence-corrected chi connectivity index (χ0v) is 15.6. The second-order valence-corrected chi connectivity index (χ2v) is 7.77. The quantitative estimate of drug-likeness (QED) is 0.829. The van der Waals surface area contributed by atoms with E-state index in [1.54, 1.807) is 11.3 Å². The van der Waals surface area contributed by atoms with Crippen molar-refractivity contribution < 1.29 is 4.79 Å². The lowest BCUT2D eigenvalue weighted by Gasteiger charge is -2.35. The second kappa shape index (κ2) is 7.64. The molecular weight excluding hydrogens is 342 g/mol. The van der Waals surface area contributed by atoms with Crippen LogP contribution in [-0.4, -0.2) is 46.9 Å². The van der Waals surface area contributed by atoms with Gasteiger partial charge < -0.3 is 4.90 Å². The van der Waals surface area contributed by atoms with E-state index in [4.69, 9.17) is 16.6 Å². The summed E-state index contributed by atoms with van der Waals surface area (Å²) in [4.78, 5) is 21.1. The molecule has 1 aliphatic rings. The van der Waals surface area contributed by atoms with Gasteiger partial charge in [0.2, 0.25) is 5.91 Å². The van der Waals surface area contributed by atoms with Gasteiger partial charge in [0, 0.05) is 48.1 Å². The average Bonchev–Trinajstić information content (AvgIpc) is 3.04. The fourth-order valence-electron chi connectivity index (χ4n) is 2.82. The number of carbonyl (C=O) groups is 1. The molecule has 1 aromatic carbocycles. The van der Waals surface area contributed by atoms with E-state index in [1.165, 1.54) is 0 Å². The van der Waals surface area contributed by atoms with Gasteiger partial charge in [-0.25, -0.2) is 4.98 Å². The number of aromatic nitrogens is 1. The number of piperazine rings is 1. The van der Waals surface area contributed by atoms with Crippen molar-refractivity contribution in [3.8, 4) is 11.3 Å². The normalized spacial score (nSPS) is 15.9. The van der Waals surface area contributed by atoms with Crippen LogP contribution in [0.4, 0.5) is 0 Å². The van der Waals surface area contributed by atoms with Crippen LogP contribution in [0.25, 0.3) is 11.3 Å². The van der Waals surface area contributed by atoms with E-state index in [-0.39, 0.29) is 11.8 Å². The minimum atomic E-state index is 0.0810. The Morgan fingerprint density at radius 1 is 1.21 bits per heavy atom. The number of carbonyl (C=O) groups excluding carboxylic acids is 1. The number of hydrogen-bond acceptors (Lipinski definition) is 4. The first-order valence-electron chi connectivity index (χ1n) is 8.24. The lowest BCUT2D eigenvalue weighted by atomic mass is 10.1. The average molecular weight is 364 g/mol. The number of hydrogen-bond donors (Lipinski definition) is 0. The summed E-state index contributed by atoms with van der Waals surface area (Å²) in [5.74, 6) is 0.339. The molecule has 6 heteroatoms. The molecule has 0 aliphatic carbocycles. The fourth-order valence-corrected chi connectivity index (χ4v) is 3.79. The zero-order valence-electron chi connectivity index (χ0n) is 14.0. The van der Waals surface area contributed by atoms with Crippen molar-refractivity contribution in [1.29, 1.82) is 0 Å². The molecule has 0 N–H and O–H groups in total. The topological polar surface area (TPSA) is 36.4 Å². The number of thiazole rings is 1. The third kappa shape index (κ3) is 4.15. The highest BCUT2D eigenvalue weighted by Crippen LogP contribution is 2.24. The summed E-state index contributed by atoms with van der Waals surface area (Å²) in [6.45, 7) is 8.22. The van der Waals surface area contributed by atoms with E-state index in [9.17, 15) is 4.79 Å². The van der Waals surface area contributed by atoms with Crippen LogP contribution in [0.5, 0.6) is 0 Å². The number of amides is 1. The molecule has 2 aromatic rings. The standard InChI is InChI=1S/C18H22ClN3OS/c1-13(2)18(23)22-9-7-21(8-10-22)11-17-20-16(12-24-17)14-3-5-15(19)6-4-14/h3-6,12-13H,7-11H2,1-2H3. The summed E-state index contributed by atoms with van der Waals surface area (Å²) in [5, 5.41) is 3.95. The van der Waals surface area contributed by atoms with Crippen molar-refractivity contribution in [2.45, 2.75) is 20.4 Å². The molecule has 1 fully saturated rings. The van der Waals surface area contributed by atoms with Crippen LogP contribution in [-0.2, 0) is 11.3 Å². The summed E-state index contributed by atoms with van der Waals surface area (Å²) >= 11 is 7.62. The molecule has 1 aromatic heterocycles. The lowest BCUT2D eigenvalue weighted by Crippen LogP contribution is -2.49. The van der Waals surface area contributed by atoms with Gasteiger partial charge in [0.05, 0.1) is 12.2 Å². The van der Waals surface area contributed by atoms with E-state index >= 15 is 0 Å². The van der Waals surface area contributed by atoms with Crippen LogP contribution < -0.4 is 0 Å². The Bertz CT molecular complexity index is 691. The molecule has 1 amide bonds. The van der Waals surface area contributed by atoms with Gasteiger partial charge in [0.15, 0.2) is 0 Å². The fraction of sp³-hybridized carbons (Fsp3) is 0.444. The van der Waals surface area contributed by atoms with Gasteiger partial charge in [-0.15, -0.1) is 11.3 Å². The van der Waals surface area contributed by atoms with Crippen LogP contribution in [0.15, 0.2) is 29.6 Å². The molecule has 1 saturated heterocycles. The monoisotopic (exact) mass is 363 g/mol. The molecule has 0 spiro atoms. The van der Waals surface area contributed by atoms with Crippen LogP contribution in [0, 0.1) is 5.92 Å². The summed E-state index contributed by atoms with van der Waals surface area (Å²) in [6, 6.07) is 7.77. The molecule has 0 unspecified atom stereocenters. The first-order valence-corrected chi connectivity index (χ1v) is 9.50. The van der Waals surface area contributed by atoms with Gasteiger partial charge in [0.25, 0.3) is 0 Å². The molecule has 24 heavy (non-hydrogen) atoms. The van der Waals surface area contributed by atoms with E-state index in [0.29, 0.717) is 0 Å². The Balaban J connectivity index is 1.56. The van der Waals surface area contributed by atoms with Crippen LogP contribution in [0.2, 0.25) is 5.02 Å². The molecule has 128 valence electrons. The number of benzene rings is 1.